The van der Waals surface area contributed by atoms with Crippen molar-refractivity contribution in [3.63, 3.8) is 0 Å². The van der Waals surface area contributed by atoms with Crippen LogP contribution in [0.25, 0.3) is 0 Å². The number of hydrogen-bond acceptors (Lipinski definition) is 3. The predicted octanol–water partition coefficient (Wildman–Crippen LogP) is 3.37. The number of aromatic nitrogens is 1. The van der Waals surface area contributed by atoms with E-state index in [9.17, 15) is 0 Å². The van der Waals surface area contributed by atoms with Gasteiger partial charge in [0.05, 0.1) is 10.7 Å². The normalized spacial score (nSPS) is 13.1. The molecule has 1 heterocycles. The van der Waals surface area contributed by atoms with E-state index in [0.29, 0.717) is 0 Å². The largest absolute Gasteiger partial charge is 0.312 e. The fraction of sp³-hybridized carbons (Fsp3) is 0.769. The molecule has 1 N–H and O–H groups in total. The molecule has 0 aliphatic heterocycles. The third-order valence-electron chi connectivity index (χ3n) is 2.23. The van der Waals surface area contributed by atoms with Crippen molar-refractivity contribution in [2.24, 2.45) is 0 Å². The van der Waals surface area contributed by atoms with Gasteiger partial charge < -0.3 is 5.32 Å². The first-order chi connectivity index (χ1) is 7.18. The second-order valence-corrected chi connectivity index (χ2v) is 7.18. The van der Waals surface area contributed by atoms with E-state index < -0.39 is 0 Å². The molecule has 0 spiro atoms. The van der Waals surface area contributed by atoms with Crippen LogP contribution in [-0.2, 0) is 11.8 Å². The maximum atomic E-state index is 4.68. The van der Waals surface area contributed by atoms with Gasteiger partial charge in [-0.15, -0.1) is 11.3 Å². The minimum Gasteiger partial charge on any atom is -0.312 e. The third kappa shape index (κ3) is 4.62. The number of nitrogens with one attached hydrogen (secondary N) is 1. The van der Waals surface area contributed by atoms with Gasteiger partial charge in [0.2, 0.25) is 0 Å². The third-order valence-corrected chi connectivity index (χ3v) is 3.55. The van der Waals surface area contributed by atoms with E-state index in [4.69, 9.17) is 0 Å². The van der Waals surface area contributed by atoms with Crippen LogP contribution in [0.1, 0.15) is 52.2 Å². The van der Waals surface area contributed by atoms with Gasteiger partial charge in [-0.3, -0.25) is 0 Å². The summed E-state index contributed by atoms with van der Waals surface area (Å²) in [6.07, 6.45) is 1.02. The van der Waals surface area contributed by atoms with Crippen molar-refractivity contribution in [2.45, 2.75) is 58.9 Å². The SMILES string of the molecule is CC(C)(C)NCCc1csc(C(C)(C)C)n1. The molecule has 0 radical (unpaired) electrons. The quantitative estimate of drug-likeness (QED) is 0.876. The summed E-state index contributed by atoms with van der Waals surface area (Å²) in [7, 11) is 0. The lowest BCUT2D eigenvalue weighted by atomic mass is 9.98. The van der Waals surface area contributed by atoms with E-state index in [1.165, 1.54) is 10.7 Å². The van der Waals surface area contributed by atoms with Gasteiger partial charge in [-0.25, -0.2) is 4.98 Å². The van der Waals surface area contributed by atoms with Crippen LogP contribution >= 0.6 is 11.3 Å². The van der Waals surface area contributed by atoms with Crippen molar-refractivity contribution in [3.05, 3.63) is 16.1 Å². The number of nitrogens with zero attached hydrogens (tertiary/aromatic N) is 1. The van der Waals surface area contributed by atoms with E-state index in [2.05, 4.69) is 57.2 Å². The van der Waals surface area contributed by atoms with Crippen molar-refractivity contribution < 1.29 is 0 Å². The Labute approximate surface area is 103 Å². The van der Waals surface area contributed by atoms with Crippen LogP contribution in [0.4, 0.5) is 0 Å². The zero-order valence-electron chi connectivity index (χ0n) is 11.3. The van der Waals surface area contributed by atoms with E-state index in [1.807, 2.05) is 0 Å². The Hall–Kier alpha value is -0.410. The molecular weight excluding hydrogens is 216 g/mol. The number of thiazole rings is 1. The van der Waals surface area contributed by atoms with E-state index >= 15 is 0 Å². The maximum absolute atomic E-state index is 4.68. The van der Waals surface area contributed by atoms with Gasteiger partial charge in [-0.05, 0) is 20.8 Å². The molecule has 1 aromatic heterocycles. The molecule has 0 saturated heterocycles. The van der Waals surface area contributed by atoms with Crippen molar-refractivity contribution in [3.8, 4) is 0 Å². The maximum Gasteiger partial charge on any atom is 0.0981 e. The molecule has 2 nitrogen and oxygen atoms in total. The molecule has 0 aromatic carbocycles. The minimum atomic E-state index is 0.181. The molecule has 0 fully saturated rings. The molecule has 0 bridgehead atoms. The minimum absolute atomic E-state index is 0.181. The van der Waals surface area contributed by atoms with Gasteiger partial charge >= 0.3 is 0 Å². The van der Waals surface area contributed by atoms with Crippen LogP contribution in [0.2, 0.25) is 0 Å². The molecule has 0 atom stereocenters. The van der Waals surface area contributed by atoms with Crippen molar-refractivity contribution in [1.82, 2.24) is 10.3 Å². The first-order valence-electron chi connectivity index (χ1n) is 5.88. The molecule has 0 unspecified atom stereocenters. The molecular formula is C13H24N2S. The van der Waals surface area contributed by atoms with Crippen molar-refractivity contribution >= 4 is 11.3 Å². The summed E-state index contributed by atoms with van der Waals surface area (Å²) in [6, 6.07) is 0. The summed E-state index contributed by atoms with van der Waals surface area (Å²) >= 11 is 1.78. The zero-order valence-corrected chi connectivity index (χ0v) is 12.2. The molecule has 1 aromatic rings. The Morgan fingerprint density at radius 3 is 2.25 bits per heavy atom. The van der Waals surface area contributed by atoms with Crippen LogP contribution in [0.15, 0.2) is 5.38 Å². The first kappa shape index (κ1) is 13.7. The Bertz CT molecular complexity index is 328. The summed E-state index contributed by atoms with van der Waals surface area (Å²) < 4.78 is 0. The summed E-state index contributed by atoms with van der Waals surface area (Å²) in [6.45, 7) is 14.2. The average molecular weight is 240 g/mol. The van der Waals surface area contributed by atoms with Crippen LogP contribution in [-0.4, -0.2) is 17.1 Å². The molecule has 0 amide bonds. The van der Waals surface area contributed by atoms with Crippen molar-refractivity contribution in [1.29, 1.82) is 0 Å². The Balaban J connectivity index is 2.48. The lowest BCUT2D eigenvalue weighted by Crippen LogP contribution is -2.37. The standard InChI is InChI=1S/C13H24N2S/c1-12(2,3)11-15-10(9-16-11)7-8-14-13(4,5)6/h9,14H,7-8H2,1-6H3. The van der Waals surface area contributed by atoms with Gasteiger partial charge in [-0.1, -0.05) is 20.8 Å². The Morgan fingerprint density at radius 2 is 1.81 bits per heavy atom. The predicted molar refractivity (Wildman–Crippen MR) is 72.3 cm³/mol. The highest BCUT2D eigenvalue weighted by atomic mass is 32.1. The number of hydrogen-bond donors (Lipinski definition) is 1. The molecule has 0 aliphatic carbocycles. The smallest absolute Gasteiger partial charge is 0.0981 e. The lowest BCUT2D eigenvalue weighted by Gasteiger charge is -2.20. The highest BCUT2D eigenvalue weighted by Gasteiger charge is 2.18. The van der Waals surface area contributed by atoms with Crippen LogP contribution < -0.4 is 5.32 Å². The molecule has 3 heteroatoms. The molecule has 16 heavy (non-hydrogen) atoms. The van der Waals surface area contributed by atoms with Gasteiger partial charge in [0, 0.05) is 29.3 Å². The monoisotopic (exact) mass is 240 g/mol. The Morgan fingerprint density at radius 1 is 1.19 bits per heavy atom. The van der Waals surface area contributed by atoms with Crippen LogP contribution in [0, 0.1) is 0 Å². The molecule has 0 aliphatic rings. The highest BCUT2D eigenvalue weighted by molar-refractivity contribution is 7.09. The topological polar surface area (TPSA) is 24.9 Å². The van der Waals surface area contributed by atoms with E-state index in [-0.39, 0.29) is 11.0 Å². The fourth-order valence-electron chi connectivity index (χ4n) is 1.33. The van der Waals surface area contributed by atoms with Gasteiger partial charge in [-0.2, -0.15) is 0 Å². The van der Waals surface area contributed by atoms with Crippen molar-refractivity contribution in [2.75, 3.05) is 6.54 Å². The van der Waals surface area contributed by atoms with E-state index in [1.54, 1.807) is 11.3 Å². The summed E-state index contributed by atoms with van der Waals surface area (Å²) in [5.74, 6) is 0. The van der Waals surface area contributed by atoms with Gasteiger partial charge in [0.25, 0.3) is 0 Å². The van der Waals surface area contributed by atoms with E-state index in [0.717, 1.165) is 13.0 Å². The second kappa shape index (κ2) is 4.84. The van der Waals surface area contributed by atoms with Crippen LogP contribution in [0.5, 0.6) is 0 Å². The number of rotatable bonds is 3. The summed E-state index contributed by atoms with van der Waals surface area (Å²) in [5, 5.41) is 6.90. The summed E-state index contributed by atoms with van der Waals surface area (Å²) in [4.78, 5) is 4.68. The highest BCUT2D eigenvalue weighted by Crippen LogP contribution is 2.25. The average Bonchev–Trinajstić information content (AvgIpc) is 2.49. The molecule has 1 rings (SSSR count). The van der Waals surface area contributed by atoms with Gasteiger partial charge in [0.15, 0.2) is 0 Å². The van der Waals surface area contributed by atoms with Crippen LogP contribution in [0.3, 0.4) is 0 Å². The molecule has 0 saturated carbocycles. The lowest BCUT2D eigenvalue weighted by molar-refractivity contribution is 0.428. The van der Waals surface area contributed by atoms with Gasteiger partial charge in [0.1, 0.15) is 0 Å². The fourth-order valence-corrected chi connectivity index (χ4v) is 2.27. The summed E-state index contributed by atoms with van der Waals surface area (Å²) in [5.41, 5.74) is 1.59. The zero-order chi connectivity index (χ0) is 12.4. The Kier molecular flexibility index (Phi) is 4.13. The second-order valence-electron chi connectivity index (χ2n) is 6.32. The first-order valence-corrected chi connectivity index (χ1v) is 6.76. The molecule has 92 valence electrons.